The van der Waals surface area contributed by atoms with E-state index in [2.05, 4.69) is 40.5 Å². The summed E-state index contributed by atoms with van der Waals surface area (Å²) >= 11 is 1.66. The molecule has 0 saturated carbocycles. The topological polar surface area (TPSA) is 66.9 Å². The smallest absolute Gasteiger partial charge is 0.226 e. The molecule has 20 heavy (non-hydrogen) atoms. The van der Waals surface area contributed by atoms with Crippen molar-refractivity contribution in [2.24, 2.45) is 0 Å². The highest BCUT2D eigenvalue weighted by Gasteiger charge is 2.10. The molecule has 1 atom stereocenters. The number of fused-ring (bicyclic) bond motifs is 1. The van der Waals surface area contributed by atoms with Crippen LogP contribution in [-0.2, 0) is 10.8 Å². The fourth-order valence-corrected chi connectivity index (χ4v) is 3.07. The van der Waals surface area contributed by atoms with Crippen LogP contribution in [-0.4, -0.2) is 39.3 Å². The summed E-state index contributed by atoms with van der Waals surface area (Å²) < 4.78 is 11.1. The molecule has 0 fully saturated rings. The van der Waals surface area contributed by atoms with Crippen LogP contribution in [0.3, 0.4) is 0 Å². The Kier molecular flexibility index (Phi) is 5.31. The van der Waals surface area contributed by atoms with Crippen LogP contribution >= 0.6 is 11.3 Å². The van der Waals surface area contributed by atoms with Crippen LogP contribution in [0.4, 0.5) is 11.8 Å². The monoisotopic (exact) mass is 312 g/mol. The number of anilines is 2. The first-order chi connectivity index (χ1) is 9.60. The fourth-order valence-electron chi connectivity index (χ4n) is 1.81. The van der Waals surface area contributed by atoms with Gasteiger partial charge in [0.25, 0.3) is 0 Å². The van der Waals surface area contributed by atoms with Crippen LogP contribution in [0.25, 0.3) is 10.2 Å². The zero-order valence-corrected chi connectivity index (χ0v) is 13.7. The minimum Gasteiger partial charge on any atom is -0.368 e. The van der Waals surface area contributed by atoms with Crippen molar-refractivity contribution in [2.45, 2.75) is 20.3 Å². The van der Waals surface area contributed by atoms with E-state index in [0.29, 0.717) is 18.2 Å². The summed E-state index contributed by atoms with van der Waals surface area (Å²) in [4.78, 5) is 11.3. The van der Waals surface area contributed by atoms with Crippen molar-refractivity contribution in [3.63, 3.8) is 0 Å². The van der Waals surface area contributed by atoms with Crippen molar-refractivity contribution in [3.05, 3.63) is 10.9 Å². The lowest BCUT2D eigenvalue weighted by atomic mass is 10.3. The zero-order valence-electron chi connectivity index (χ0n) is 12.0. The fraction of sp³-hybridized carbons (Fsp3) is 0.538. The SMILES string of the molecule is CCCNc1nc(NCCS(C)=O)c2cc(C)sc2n1. The van der Waals surface area contributed by atoms with E-state index >= 15 is 0 Å². The Labute approximate surface area is 125 Å². The van der Waals surface area contributed by atoms with Crippen LogP contribution in [0.5, 0.6) is 0 Å². The van der Waals surface area contributed by atoms with Gasteiger partial charge in [-0.05, 0) is 19.4 Å². The molecular weight excluding hydrogens is 292 g/mol. The number of thiophene rings is 1. The number of aromatic nitrogens is 2. The summed E-state index contributed by atoms with van der Waals surface area (Å²) in [5.74, 6) is 2.09. The highest BCUT2D eigenvalue weighted by molar-refractivity contribution is 7.84. The highest BCUT2D eigenvalue weighted by atomic mass is 32.2. The first kappa shape index (κ1) is 15.2. The molecule has 2 aromatic heterocycles. The quantitative estimate of drug-likeness (QED) is 0.822. The molecule has 0 saturated heterocycles. The molecule has 0 bridgehead atoms. The number of nitrogens with one attached hydrogen (secondary N) is 2. The summed E-state index contributed by atoms with van der Waals surface area (Å²) in [5.41, 5.74) is 0. The number of aryl methyl sites for hydroxylation is 1. The van der Waals surface area contributed by atoms with Crippen molar-refractivity contribution in [2.75, 3.05) is 35.7 Å². The minimum absolute atomic E-state index is 0.617. The van der Waals surface area contributed by atoms with E-state index in [4.69, 9.17) is 0 Å². The van der Waals surface area contributed by atoms with Gasteiger partial charge in [-0.25, -0.2) is 4.98 Å². The van der Waals surface area contributed by atoms with E-state index in [-0.39, 0.29) is 0 Å². The van der Waals surface area contributed by atoms with Gasteiger partial charge >= 0.3 is 0 Å². The molecule has 0 spiro atoms. The molecule has 7 heteroatoms. The Hall–Kier alpha value is -1.21. The lowest BCUT2D eigenvalue weighted by Gasteiger charge is -2.09. The van der Waals surface area contributed by atoms with Gasteiger partial charge in [0, 0.05) is 40.8 Å². The van der Waals surface area contributed by atoms with E-state index < -0.39 is 10.8 Å². The maximum absolute atomic E-state index is 11.1. The molecular formula is C13H20N4OS2. The molecule has 2 aromatic rings. The number of rotatable bonds is 7. The Morgan fingerprint density at radius 1 is 1.30 bits per heavy atom. The van der Waals surface area contributed by atoms with Gasteiger partial charge in [0.05, 0.1) is 5.39 Å². The van der Waals surface area contributed by atoms with Crippen molar-refractivity contribution < 1.29 is 4.21 Å². The molecule has 0 aliphatic rings. The summed E-state index contributed by atoms with van der Waals surface area (Å²) in [6, 6.07) is 2.09. The molecule has 2 N–H and O–H groups in total. The van der Waals surface area contributed by atoms with Crippen molar-refractivity contribution in [3.8, 4) is 0 Å². The van der Waals surface area contributed by atoms with E-state index in [1.807, 2.05) is 0 Å². The van der Waals surface area contributed by atoms with E-state index in [1.165, 1.54) is 4.88 Å². The van der Waals surface area contributed by atoms with E-state index in [0.717, 1.165) is 29.0 Å². The molecule has 110 valence electrons. The lowest BCUT2D eigenvalue weighted by Crippen LogP contribution is -2.12. The minimum atomic E-state index is -0.797. The van der Waals surface area contributed by atoms with Crippen LogP contribution < -0.4 is 10.6 Å². The highest BCUT2D eigenvalue weighted by Crippen LogP contribution is 2.29. The average Bonchev–Trinajstić information content (AvgIpc) is 2.76. The maximum atomic E-state index is 11.1. The average molecular weight is 312 g/mol. The van der Waals surface area contributed by atoms with Gasteiger partial charge < -0.3 is 10.6 Å². The zero-order chi connectivity index (χ0) is 14.5. The van der Waals surface area contributed by atoms with Crippen molar-refractivity contribution in [1.82, 2.24) is 9.97 Å². The van der Waals surface area contributed by atoms with Crippen LogP contribution in [0.2, 0.25) is 0 Å². The molecule has 2 heterocycles. The molecule has 0 radical (unpaired) electrons. The maximum Gasteiger partial charge on any atom is 0.226 e. The second kappa shape index (κ2) is 6.99. The molecule has 0 aliphatic heterocycles. The third kappa shape index (κ3) is 3.89. The van der Waals surface area contributed by atoms with Gasteiger partial charge in [0.15, 0.2) is 0 Å². The van der Waals surface area contributed by atoms with Crippen LogP contribution in [0.15, 0.2) is 6.07 Å². The van der Waals surface area contributed by atoms with Crippen LogP contribution in [0.1, 0.15) is 18.2 Å². The van der Waals surface area contributed by atoms with Gasteiger partial charge in [0.1, 0.15) is 10.6 Å². The number of hydrogen-bond acceptors (Lipinski definition) is 6. The van der Waals surface area contributed by atoms with Crippen molar-refractivity contribution >= 4 is 44.1 Å². The third-order valence-corrected chi connectivity index (χ3v) is 4.45. The second-order valence-corrected chi connectivity index (χ2v) is 7.39. The Morgan fingerprint density at radius 3 is 2.80 bits per heavy atom. The molecule has 0 aromatic carbocycles. The summed E-state index contributed by atoms with van der Waals surface area (Å²) in [6.45, 7) is 5.68. The summed E-state index contributed by atoms with van der Waals surface area (Å²) in [6.07, 6.45) is 2.74. The molecule has 1 unspecified atom stereocenters. The summed E-state index contributed by atoms with van der Waals surface area (Å²) in [5, 5.41) is 7.53. The van der Waals surface area contributed by atoms with Gasteiger partial charge in [-0.3, -0.25) is 4.21 Å². The first-order valence-corrected chi connectivity index (χ1v) is 9.20. The second-order valence-electron chi connectivity index (χ2n) is 4.60. The molecule has 0 amide bonds. The van der Waals surface area contributed by atoms with Crippen LogP contribution in [0, 0.1) is 6.92 Å². The van der Waals surface area contributed by atoms with E-state index in [9.17, 15) is 4.21 Å². The van der Waals surface area contributed by atoms with E-state index in [1.54, 1.807) is 17.6 Å². The number of hydrogen-bond donors (Lipinski definition) is 2. The predicted molar refractivity (Wildman–Crippen MR) is 88.4 cm³/mol. The first-order valence-electron chi connectivity index (χ1n) is 6.66. The third-order valence-electron chi connectivity index (χ3n) is 2.73. The van der Waals surface area contributed by atoms with Gasteiger partial charge in [-0.15, -0.1) is 11.3 Å². The predicted octanol–water partition coefficient (Wildman–Crippen LogP) is 2.61. The Morgan fingerprint density at radius 2 is 2.10 bits per heavy atom. The molecule has 2 rings (SSSR count). The normalized spacial score (nSPS) is 12.6. The standard InChI is InChI=1S/C13H20N4OS2/c1-4-5-15-13-16-11(14-6-7-20(3)18)10-8-9(2)19-12(10)17-13/h8H,4-7H2,1-3H3,(H2,14,15,16,17). The Bertz CT molecular complexity index is 612. The van der Waals surface area contributed by atoms with Gasteiger partial charge in [-0.1, -0.05) is 6.92 Å². The lowest BCUT2D eigenvalue weighted by molar-refractivity contribution is 0.687. The van der Waals surface area contributed by atoms with Gasteiger partial charge in [0.2, 0.25) is 5.95 Å². The summed E-state index contributed by atoms with van der Waals surface area (Å²) in [7, 11) is -0.797. The Balaban J connectivity index is 2.25. The van der Waals surface area contributed by atoms with Gasteiger partial charge in [-0.2, -0.15) is 4.98 Å². The molecule has 5 nitrogen and oxygen atoms in total. The largest absolute Gasteiger partial charge is 0.368 e. The number of nitrogens with zero attached hydrogens (tertiary/aromatic N) is 2. The molecule has 0 aliphatic carbocycles. The van der Waals surface area contributed by atoms with Crippen molar-refractivity contribution in [1.29, 1.82) is 0 Å².